The summed E-state index contributed by atoms with van der Waals surface area (Å²) in [6.45, 7) is 3.64. The highest BCUT2D eigenvalue weighted by Crippen LogP contribution is 2.18. The van der Waals surface area contributed by atoms with E-state index in [0.717, 1.165) is 21.7 Å². The Morgan fingerprint density at radius 2 is 1.10 bits per heavy atom. The second kappa shape index (κ2) is 7.80. The molecule has 0 amide bonds. The molecule has 0 radical (unpaired) electrons. The first-order valence-corrected chi connectivity index (χ1v) is 7.31. The van der Waals surface area contributed by atoms with Crippen LogP contribution in [0.15, 0.2) is 53.0 Å². The average Bonchev–Trinajstić information content (AvgIpc) is 2.47. The van der Waals surface area contributed by atoms with Crippen molar-refractivity contribution in [3.8, 4) is 17.2 Å². The van der Waals surface area contributed by atoms with Crippen LogP contribution in [-0.4, -0.2) is 19.8 Å². The maximum absolute atomic E-state index is 5.59. The summed E-state index contributed by atoms with van der Waals surface area (Å²) < 4.78 is 17.6. The second-order valence-electron chi connectivity index (χ2n) is 4.06. The summed E-state index contributed by atoms with van der Waals surface area (Å²) in [4.78, 5) is 0. The lowest BCUT2D eigenvalue weighted by molar-refractivity contribution is 0.217. The maximum atomic E-state index is 5.59. The summed E-state index contributed by atoms with van der Waals surface area (Å²) in [5.74, 6) is 2.50. The van der Waals surface area contributed by atoms with E-state index in [2.05, 4.69) is 15.9 Å². The highest BCUT2D eigenvalue weighted by Gasteiger charge is 1.97. The molecule has 0 aliphatic heterocycles. The van der Waals surface area contributed by atoms with Gasteiger partial charge in [0.05, 0.1) is 6.61 Å². The summed E-state index contributed by atoms with van der Waals surface area (Å²) in [6, 6.07) is 15.3. The Kier molecular flexibility index (Phi) is 5.74. The molecule has 0 spiro atoms. The van der Waals surface area contributed by atoms with Crippen molar-refractivity contribution >= 4 is 15.9 Å². The zero-order chi connectivity index (χ0) is 14.2. The van der Waals surface area contributed by atoms with E-state index >= 15 is 0 Å². The van der Waals surface area contributed by atoms with E-state index in [0.29, 0.717) is 19.8 Å². The van der Waals surface area contributed by atoms with Crippen molar-refractivity contribution < 1.29 is 14.2 Å². The van der Waals surface area contributed by atoms with Crippen LogP contribution in [0.5, 0.6) is 17.2 Å². The Hall–Kier alpha value is -1.68. The lowest BCUT2D eigenvalue weighted by Crippen LogP contribution is -2.08. The van der Waals surface area contributed by atoms with Crippen LogP contribution in [-0.2, 0) is 0 Å². The van der Waals surface area contributed by atoms with Crippen molar-refractivity contribution in [2.45, 2.75) is 6.92 Å². The average molecular weight is 337 g/mol. The molecular weight excluding hydrogens is 320 g/mol. The molecule has 0 saturated heterocycles. The minimum absolute atomic E-state index is 0.504. The first kappa shape index (κ1) is 14.7. The molecule has 2 aromatic rings. The van der Waals surface area contributed by atoms with Crippen LogP contribution in [0.25, 0.3) is 0 Å². The first-order valence-electron chi connectivity index (χ1n) is 6.52. The quantitative estimate of drug-likeness (QED) is 0.705. The molecule has 0 heterocycles. The largest absolute Gasteiger partial charge is 0.494 e. The maximum Gasteiger partial charge on any atom is 0.122 e. The van der Waals surface area contributed by atoms with Gasteiger partial charge in [0.2, 0.25) is 0 Å². The van der Waals surface area contributed by atoms with Crippen LogP contribution in [0.2, 0.25) is 0 Å². The van der Waals surface area contributed by atoms with Crippen molar-refractivity contribution in [2.24, 2.45) is 0 Å². The van der Waals surface area contributed by atoms with Gasteiger partial charge in [0, 0.05) is 4.47 Å². The Labute approximate surface area is 127 Å². The van der Waals surface area contributed by atoms with Gasteiger partial charge in [0.25, 0.3) is 0 Å². The lowest BCUT2D eigenvalue weighted by atomic mass is 10.3. The molecule has 20 heavy (non-hydrogen) atoms. The van der Waals surface area contributed by atoms with Gasteiger partial charge < -0.3 is 14.2 Å². The van der Waals surface area contributed by atoms with Crippen molar-refractivity contribution in [2.75, 3.05) is 19.8 Å². The van der Waals surface area contributed by atoms with Gasteiger partial charge >= 0.3 is 0 Å². The van der Waals surface area contributed by atoms with Crippen LogP contribution in [0.3, 0.4) is 0 Å². The minimum atomic E-state index is 0.504. The molecule has 0 aromatic heterocycles. The summed E-state index contributed by atoms with van der Waals surface area (Å²) >= 11 is 3.38. The van der Waals surface area contributed by atoms with E-state index in [1.807, 2.05) is 55.5 Å². The predicted molar refractivity (Wildman–Crippen MR) is 82.7 cm³/mol. The van der Waals surface area contributed by atoms with E-state index < -0.39 is 0 Å². The number of ether oxygens (including phenoxy) is 3. The normalized spacial score (nSPS) is 10.1. The fourth-order valence-electron chi connectivity index (χ4n) is 1.65. The van der Waals surface area contributed by atoms with Crippen molar-refractivity contribution in [3.63, 3.8) is 0 Å². The summed E-state index contributed by atoms with van der Waals surface area (Å²) in [5, 5.41) is 0. The minimum Gasteiger partial charge on any atom is -0.494 e. The molecule has 0 aliphatic carbocycles. The van der Waals surface area contributed by atoms with Gasteiger partial charge in [-0.3, -0.25) is 0 Å². The van der Waals surface area contributed by atoms with Gasteiger partial charge in [0.15, 0.2) is 0 Å². The molecule has 0 aliphatic rings. The Bertz CT molecular complexity index is 508. The predicted octanol–water partition coefficient (Wildman–Crippen LogP) is 4.31. The van der Waals surface area contributed by atoms with Crippen LogP contribution >= 0.6 is 15.9 Å². The third-order valence-electron chi connectivity index (χ3n) is 2.57. The van der Waals surface area contributed by atoms with Gasteiger partial charge in [0.1, 0.15) is 30.5 Å². The second-order valence-corrected chi connectivity index (χ2v) is 4.97. The molecule has 0 bridgehead atoms. The van der Waals surface area contributed by atoms with E-state index in [1.165, 1.54) is 0 Å². The van der Waals surface area contributed by atoms with Gasteiger partial charge in [-0.1, -0.05) is 15.9 Å². The third-order valence-corrected chi connectivity index (χ3v) is 3.10. The number of halogens is 1. The Morgan fingerprint density at radius 1 is 0.700 bits per heavy atom. The number of benzene rings is 2. The van der Waals surface area contributed by atoms with E-state index in [4.69, 9.17) is 14.2 Å². The molecular formula is C16H17BrO3. The summed E-state index contributed by atoms with van der Waals surface area (Å²) in [6.07, 6.45) is 0. The number of rotatable bonds is 7. The first-order chi connectivity index (χ1) is 9.78. The summed E-state index contributed by atoms with van der Waals surface area (Å²) in [5.41, 5.74) is 0. The van der Waals surface area contributed by atoms with Gasteiger partial charge in [-0.25, -0.2) is 0 Å². The third kappa shape index (κ3) is 4.78. The monoisotopic (exact) mass is 336 g/mol. The van der Waals surface area contributed by atoms with Gasteiger partial charge in [-0.15, -0.1) is 0 Å². The van der Waals surface area contributed by atoms with Crippen molar-refractivity contribution in [3.05, 3.63) is 53.0 Å². The number of hydrogen-bond acceptors (Lipinski definition) is 3. The standard InChI is InChI=1S/C16H17BrO3/c1-2-18-14-7-9-16(10-8-14)20-12-11-19-15-5-3-13(17)4-6-15/h3-10H,2,11-12H2,1H3. The van der Waals surface area contributed by atoms with Crippen LogP contribution in [0.4, 0.5) is 0 Å². The highest BCUT2D eigenvalue weighted by molar-refractivity contribution is 9.10. The van der Waals surface area contributed by atoms with Crippen molar-refractivity contribution in [1.29, 1.82) is 0 Å². The summed E-state index contributed by atoms with van der Waals surface area (Å²) in [7, 11) is 0. The zero-order valence-electron chi connectivity index (χ0n) is 11.3. The SMILES string of the molecule is CCOc1ccc(OCCOc2ccc(Br)cc2)cc1. The van der Waals surface area contributed by atoms with Crippen LogP contribution < -0.4 is 14.2 Å². The fraction of sp³-hybridized carbons (Fsp3) is 0.250. The Morgan fingerprint density at radius 3 is 1.55 bits per heavy atom. The molecule has 0 saturated carbocycles. The molecule has 0 N–H and O–H groups in total. The molecule has 3 nitrogen and oxygen atoms in total. The Balaban J connectivity index is 1.71. The van der Waals surface area contributed by atoms with E-state index in [-0.39, 0.29) is 0 Å². The van der Waals surface area contributed by atoms with Crippen molar-refractivity contribution in [1.82, 2.24) is 0 Å². The molecule has 4 heteroatoms. The molecule has 0 unspecified atom stereocenters. The molecule has 0 fully saturated rings. The number of hydrogen-bond donors (Lipinski definition) is 0. The molecule has 2 aromatic carbocycles. The highest BCUT2D eigenvalue weighted by atomic mass is 79.9. The molecule has 2 rings (SSSR count). The smallest absolute Gasteiger partial charge is 0.122 e. The molecule has 106 valence electrons. The van der Waals surface area contributed by atoms with Gasteiger partial charge in [-0.2, -0.15) is 0 Å². The fourth-order valence-corrected chi connectivity index (χ4v) is 1.91. The van der Waals surface area contributed by atoms with E-state index in [1.54, 1.807) is 0 Å². The zero-order valence-corrected chi connectivity index (χ0v) is 12.9. The molecule has 0 atom stereocenters. The van der Waals surface area contributed by atoms with E-state index in [9.17, 15) is 0 Å². The lowest BCUT2D eigenvalue weighted by Gasteiger charge is -2.09. The van der Waals surface area contributed by atoms with Crippen LogP contribution in [0.1, 0.15) is 6.92 Å². The topological polar surface area (TPSA) is 27.7 Å². The van der Waals surface area contributed by atoms with Crippen LogP contribution in [0, 0.1) is 0 Å². The van der Waals surface area contributed by atoms with Gasteiger partial charge in [-0.05, 0) is 55.5 Å².